The molecule has 0 aliphatic rings. The highest BCUT2D eigenvalue weighted by Gasteiger charge is 2.27. The van der Waals surface area contributed by atoms with Crippen LogP contribution in [0.25, 0.3) is 0 Å². The van der Waals surface area contributed by atoms with Crippen LogP contribution >= 0.6 is 0 Å². The van der Waals surface area contributed by atoms with Gasteiger partial charge in [0.1, 0.15) is 0 Å². The van der Waals surface area contributed by atoms with Gasteiger partial charge < -0.3 is 5.32 Å². The van der Waals surface area contributed by atoms with Crippen molar-refractivity contribution >= 4 is 16.0 Å². The molecule has 0 aromatic carbocycles. The normalized spacial score (nSPS) is 12.5. The summed E-state index contributed by atoms with van der Waals surface area (Å²) in [4.78, 5) is 11.4. The Kier molecular flexibility index (Phi) is 5.91. The summed E-state index contributed by atoms with van der Waals surface area (Å²) in [6, 6.07) is 0. The van der Waals surface area contributed by atoms with Crippen LogP contribution < -0.4 is 11.2 Å². The largest absolute Gasteiger partial charge is 0.350 e. The Labute approximate surface area is 96.6 Å². The fourth-order valence-electron chi connectivity index (χ4n) is 1.29. The number of carbonyl (C=O) groups excluding carboxylic acids is 1. The lowest BCUT2D eigenvalue weighted by atomic mass is 10.1. The third kappa shape index (κ3) is 6.76. The Morgan fingerprint density at radius 3 is 2.44 bits per heavy atom. The molecular formula is C9H20N2O4S. The van der Waals surface area contributed by atoms with E-state index >= 15 is 0 Å². The van der Waals surface area contributed by atoms with Crippen LogP contribution in [0.3, 0.4) is 0 Å². The third-order valence-corrected chi connectivity index (χ3v) is 3.29. The van der Waals surface area contributed by atoms with Crippen LogP contribution in [-0.2, 0) is 19.2 Å². The fourth-order valence-corrected chi connectivity index (χ4v) is 2.31. The maximum absolute atomic E-state index is 11.4. The van der Waals surface area contributed by atoms with Gasteiger partial charge in [-0.1, -0.05) is 13.3 Å². The zero-order valence-corrected chi connectivity index (χ0v) is 10.8. The first-order valence-electron chi connectivity index (χ1n) is 5.14. The average molecular weight is 252 g/mol. The maximum Gasteiger partial charge on any atom is 0.285 e. The molecule has 0 saturated carbocycles. The van der Waals surface area contributed by atoms with Crippen molar-refractivity contribution in [3.05, 3.63) is 0 Å². The van der Waals surface area contributed by atoms with Crippen LogP contribution in [0, 0.1) is 0 Å². The van der Waals surface area contributed by atoms with E-state index in [2.05, 4.69) is 15.5 Å². The second kappa shape index (κ2) is 6.17. The summed E-state index contributed by atoms with van der Waals surface area (Å²) in [6.45, 7) is 5.19. The average Bonchev–Trinajstić information content (AvgIpc) is 2.12. The maximum atomic E-state index is 11.4. The second-order valence-electron chi connectivity index (χ2n) is 4.33. The smallest absolute Gasteiger partial charge is 0.285 e. The van der Waals surface area contributed by atoms with E-state index in [0.29, 0.717) is 6.42 Å². The minimum absolute atomic E-state index is 0.168. The van der Waals surface area contributed by atoms with Gasteiger partial charge >= 0.3 is 0 Å². The van der Waals surface area contributed by atoms with Gasteiger partial charge in [-0.3, -0.25) is 4.79 Å². The quantitative estimate of drug-likeness (QED) is 0.635. The van der Waals surface area contributed by atoms with Gasteiger partial charge in [0.2, 0.25) is 5.91 Å². The lowest BCUT2D eigenvalue weighted by molar-refractivity contribution is -0.122. The molecule has 7 heteroatoms. The zero-order chi connectivity index (χ0) is 12.8. The molecule has 0 aromatic rings. The van der Waals surface area contributed by atoms with E-state index in [0.717, 1.165) is 12.8 Å². The molecule has 0 heterocycles. The van der Waals surface area contributed by atoms with Gasteiger partial charge in [-0.15, -0.1) is 0 Å². The van der Waals surface area contributed by atoms with Gasteiger partial charge in [0, 0.05) is 6.42 Å². The summed E-state index contributed by atoms with van der Waals surface area (Å²) in [5.41, 5.74) is -0.886. The molecule has 0 fully saturated rings. The monoisotopic (exact) mass is 252 g/mol. The van der Waals surface area contributed by atoms with Crippen molar-refractivity contribution in [3.8, 4) is 0 Å². The molecule has 6 nitrogen and oxygen atoms in total. The Morgan fingerprint density at radius 1 is 1.44 bits per heavy atom. The van der Waals surface area contributed by atoms with E-state index in [-0.39, 0.29) is 11.7 Å². The summed E-state index contributed by atoms with van der Waals surface area (Å²) in [6.07, 6.45) is 2.09. The van der Waals surface area contributed by atoms with Crippen molar-refractivity contribution in [3.63, 3.8) is 0 Å². The van der Waals surface area contributed by atoms with Gasteiger partial charge in [-0.05, 0) is 20.3 Å². The van der Waals surface area contributed by atoms with E-state index in [1.807, 2.05) is 6.92 Å². The standard InChI is InChI=1S/C9H20N2O4S/c1-4-5-6-8(12)11-9(2,3)7-16(13,14)15-10/h4-7,10H2,1-3H3,(H,11,12). The predicted molar refractivity (Wildman–Crippen MR) is 60.8 cm³/mol. The molecule has 0 saturated heterocycles. The molecule has 0 aromatic heterocycles. The van der Waals surface area contributed by atoms with Crippen LogP contribution in [-0.4, -0.2) is 25.6 Å². The first-order chi connectivity index (χ1) is 7.22. The molecular weight excluding hydrogens is 232 g/mol. The van der Waals surface area contributed by atoms with Crippen molar-refractivity contribution in [1.82, 2.24) is 5.32 Å². The highest BCUT2D eigenvalue weighted by molar-refractivity contribution is 7.86. The van der Waals surface area contributed by atoms with E-state index in [1.54, 1.807) is 13.8 Å². The van der Waals surface area contributed by atoms with Crippen molar-refractivity contribution in [1.29, 1.82) is 0 Å². The number of hydrogen-bond acceptors (Lipinski definition) is 5. The Hall–Kier alpha value is -0.660. The number of rotatable bonds is 7. The second-order valence-corrected chi connectivity index (χ2v) is 5.93. The van der Waals surface area contributed by atoms with Crippen LogP contribution in [0.15, 0.2) is 0 Å². The SMILES string of the molecule is CCCCC(=O)NC(C)(C)CS(=O)(=O)ON. The van der Waals surface area contributed by atoms with Gasteiger partial charge in [-0.25, -0.2) is 0 Å². The Bertz CT molecular complexity index is 324. The lowest BCUT2D eigenvalue weighted by Gasteiger charge is -2.25. The summed E-state index contributed by atoms with van der Waals surface area (Å²) in [5, 5.41) is 2.63. The van der Waals surface area contributed by atoms with Crippen LogP contribution in [0.2, 0.25) is 0 Å². The molecule has 0 rings (SSSR count). The minimum Gasteiger partial charge on any atom is -0.350 e. The van der Waals surface area contributed by atoms with Gasteiger partial charge in [0.25, 0.3) is 10.1 Å². The first kappa shape index (κ1) is 15.3. The van der Waals surface area contributed by atoms with E-state index in [1.165, 1.54) is 0 Å². The van der Waals surface area contributed by atoms with Crippen molar-refractivity contribution in [2.24, 2.45) is 5.90 Å². The summed E-state index contributed by atoms with van der Waals surface area (Å²) < 4.78 is 26.1. The molecule has 1 amide bonds. The van der Waals surface area contributed by atoms with Gasteiger partial charge in [0.15, 0.2) is 0 Å². The number of carbonyl (C=O) groups is 1. The molecule has 16 heavy (non-hydrogen) atoms. The van der Waals surface area contributed by atoms with Gasteiger partial charge in [-0.2, -0.15) is 18.6 Å². The molecule has 0 bridgehead atoms. The highest BCUT2D eigenvalue weighted by Crippen LogP contribution is 2.08. The number of unbranched alkanes of at least 4 members (excludes halogenated alkanes) is 1. The molecule has 0 unspecified atom stereocenters. The number of nitrogens with two attached hydrogens (primary N) is 1. The molecule has 96 valence electrons. The molecule has 3 N–H and O–H groups in total. The van der Waals surface area contributed by atoms with E-state index in [4.69, 9.17) is 0 Å². The van der Waals surface area contributed by atoms with Crippen molar-refractivity contribution < 1.29 is 17.5 Å². The molecule has 0 aliphatic heterocycles. The summed E-state index contributed by atoms with van der Waals surface area (Å²) in [5.74, 6) is 4.10. The fraction of sp³-hybridized carbons (Fsp3) is 0.889. The Balaban J connectivity index is 4.29. The number of nitrogens with one attached hydrogen (secondary N) is 1. The number of amides is 1. The van der Waals surface area contributed by atoms with Crippen LogP contribution in [0.1, 0.15) is 40.0 Å². The van der Waals surface area contributed by atoms with E-state index < -0.39 is 15.7 Å². The molecule has 0 atom stereocenters. The lowest BCUT2D eigenvalue weighted by Crippen LogP contribution is -2.48. The molecule has 0 radical (unpaired) electrons. The first-order valence-corrected chi connectivity index (χ1v) is 6.72. The molecule has 0 aliphatic carbocycles. The summed E-state index contributed by atoms with van der Waals surface area (Å²) >= 11 is 0. The predicted octanol–water partition coefficient (Wildman–Crippen LogP) is 0.292. The van der Waals surface area contributed by atoms with Crippen molar-refractivity contribution in [2.45, 2.75) is 45.6 Å². The topological polar surface area (TPSA) is 98.5 Å². The third-order valence-electron chi connectivity index (χ3n) is 1.92. The minimum atomic E-state index is -3.78. The zero-order valence-electron chi connectivity index (χ0n) is 9.95. The number of hydrogen-bond donors (Lipinski definition) is 2. The highest BCUT2D eigenvalue weighted by atomic mass is 32.2. The van der Waals surface area contributed by atoms with Crippen LogP contribution in [0.5, 0.6) is 0 Å². The van der Waals surface area contributed by atoms with Gasteiger partial charge in [0.05, 0.1) is 11.3 Å². The van der Waals surface area contributed by atoms with Crippen LogP contribution in [0.4, 0.5) is 0 Å². The van der Waals surface area contributed by atoms with Crippen molar-refractivity contribution in [2.75, 3.05) is 5.75 Å². The Morgan fingerprint density at radius 2 is 2.00 bits per heavy atom. The summed E-state index contributed by atoms with van der Waals surface area (Å²) in [7, 11) is -3.78. The van der Waals surface area contributed by atoms with E-state index in [9.17, 15) is 13.2 Å². The molecule has 0 spiro atoms.